The van der Waals surface area contributed by atoms with Crippen molar-refractivity contribution in [3.63, 3.8) is 0 Å². The first-order chi connectivity index (χ1) is 13.5. The predicted molar refractivity (Wildman–Crippen MR) is 103 cm³/mol. The second-order valence-electron chi connectivity index (χ2n) is 7.25. The van der Waals surface area contributed by atoms with Crippen LogP contribution in [0.4, 0.5) is 4.39 Å². The van der Waals surface area contributed by atoms with Gasteiger partial charge in [0.15, 0.2) is 0 Å². The number of carbonyl (C=O) groups is 1. The fourth-order valence-corrected chi connectivity index (χ4v) is 3.76. The third-order valence-electron chi connectivity index (χ3n) is 5.20. The Balaban J connectivity index is 1.67. The van der Waals surface area contributed by atoms with Crippen LogP contribution >= 0.6 is 0 Å². The average molecular weight is 383 g/mol. The second kappa shape index (κ2) is 7.53. The van der Waals surface area contributed by atoms with E-state index in [9.17, 15) is 14.0 Å². The topological polar surface area (TPSA) is 81.8 Å². The van der Waals surface area contributed by atoms with Crippen LogP contribution in [0.1, 0.15) is 37.8 Å². The lowest BCUT2D eigenvalue weighted by molar-refractivity contribution is -0.122. The van der Waals surface area contributed by atoms with Crippen molar-refractivity contribution in [1.29, 1.82) is 0 Å². The number of amides is 1. The number of rotatable bonds is 4. The number of nitrogens with one attached hydrogen (secondary N) is 1. The molecule has 1 N–H and O–H groups in total. The van der Waals surface area contributed by atoms with Crippen LogP contribution in [0.2, 0.25) is 0 Å². The van der Waals surface area contributed by atoms with Crippen molar-refractivity contribution in [3.05, 3.63) is 52.3 Å². The van der Waals surface area contributed by atoms with E-state index in [1.807, 2.05) is 0 Å². The Kier molecular flexibility index (Phi) is 4.93. The van der Waals surface area contributed by atoms with Gasteiger partial charge in [-0.2, -0.15) is 10.2 Å². The van der Waals surface area contributed by atoms with E-state index in [2.05, 4.69) is 15.5 Å². The Morgan fingerprint density at radius 3 is 2.64 bits per heavy atom. The van der Waals surface area contributed by atoms with Crippen molar-refractivity contribution in [2.45, 2.75) is 51.6 Å². The summed E-state index contributed by atoms with van der Waals surface area (Å²) in [5.74, 6) is -0.581. The maximum Gasteiger partial charge on any atom is 0.293 e. The molecule has 2 aromatic heterocycles. The number of fused-ring (bicyclic) bond motifs is 1. The standard InChI is InChI=1S/C20H22FN5O2/c1-13-17-11-22-26(16-9-7-14(21)8-10-16)19(17)20(28)25(24-13)12-18(27)23-15-5-3-2-4-6-15/h7-11,15H,2-6,12H2,1H3,(H,23,27). The number of hydrogen-bond acceptors (Lipinski definition) is 4. The number of carbonyl (C=O) groups excluding carboxylic acids is 1. The van der Waals surface area contributed by atoms with E-state index in [0.29, 0.717) is 22.3 Å². The third kappa shape index (κ3) is 3.54. The minimum absolute atomic E-state index is 0.138. The second-order valence-corrected chi connectivity index (χ2v) is 7.25. The van der Waals surface area contributed by atoms with Crippen molar-refractivity contribution >= 4 is 16.8 Å². The number of aromatic nitrogens is 4. The molecule has 28 heavy (non-hydrogen) atoms. The van der Waals surface area contributed by atoms with E-state index < -0.39 is 5.56 Å². The molecular formula is C20H22FN5O2. The van der Waals surface area contributed by atoms with Crippen molar-refractivity contribution in [2.24, 2.45) is 0 Å². The van der Waals surface area contributed by atoms with E-state index >= 15 is 0 Å². The summed E-state index contributed by atoms with van der Waals surface area (Å²) in [6.45, 7) is 1.63. The zero-order valence-electron chi connectivity index (χ0n) is 15.7. The Bertz CT molecular complexity index is 1060. The average Bonchev–Trinajstić information content (AvgIpc) is 3.13. The van der Waals surface area contributed by atoms with Crippen molar-refractivity contribution in [3.8, 4) is 5.69 Å². The largest absolute Gasteiger partial charge is 0.352 e. The fourth-order valence-electron chi connectivity index (χ4n) is 3.76. The van der Waals surface area contributed by atoms with Crippen LogP contribution in [0, 0.1) is 12.7 Å². The predicted octanol–water partition coefficient (Wildman–Crippen LogP) is 2.48. The Labute approximate surface area is 161 Å². The Morgan fingerprint density at radius 2 is 1.93 bits per heavy atom. The highest BCUT2D eigenvalue weighted by Crippen LogP contribution is 2.18. The highest BCUT2D eigenvalue weighted by atomic mass is 19.1. The SMILES string of the molecule is Cc1nn(CC(=O)NC2CCCCC2)c(=O)c2c1cnn2-c1ccc(F)cc1. The molecule has 1 aliphatic carbocycles. The molecule has 1 aliphatic rings. The molecule has 4 rings (SSSR count). The van der Waals surface area contributed by atoms with Gasteiger partial charge in [0.05, 0.1) is 17.6 Å². The minimum Gasteiger partial charge on any atom is -0.352 e. The molecule has 8 heteroatoms. The van der Waals surface area contributed by atoms with Crippen LogP contribution in [0.25, 0.3) is 16.6 Å². The summed E-state index contributed by atoms with van der Waals surface area (Å²) < 4.78 is 15.9. The molecular weight excluding hydrogens is 361 g/mol. The van der Waals surface area contributed by atoms with Crippen LogP contribution < -0.4 is 10.9 Å². The van der Waals surface area contributed by atoms with Gasteiger partial charge in [-0.1, -0.05) is 19.3 Å². The maximum absolute atomic E-state index is 13.2. The highest BCUT2D eigenvalue weighted by molar-refractivity contribution is 5.82. The fraction of sp³-hybridized carbons (Fsp3) is 0.400. The molecule has 0 atom stereocenters. The van der Waals surface area contributed by atoms with Crippen LogP contribution in [-0.4, -0.2) is 31.5 Å². The summed E-state index contributed by atoms with van der Waals surface area (Å²) in [7, 11) is 0. The molecule has 7 nitrogen and oxygen atoms in total. The lowest BCUT2D eigenvalue weighted by Gasteiger charge is -2.22. The highest BCUT2D eigenvalue weighted by Gasteiger charge is 2.19. The lowest BCUT2D eigenvalue weighted by atomic mass is 9.95. The zero-order chi connectivity index (χ0) is 19.7. The van der Waals surface area contributed by atoms with E-state index in [1.54, 1.807) is 25.3 Å². The molecule has 146 valence electrons. The summed E-state index contributed by atoms with van der Waals surface area (Å²) >= 11 is 0. The van der Waals surface area contributed by atoms with Gasteiger partial charge in [-0.25, -0.2) is 13.8 Å². The normalized spacial score (nSPS) is 15.1. The molecule has 0 saturated heterocycles. The quantitative estimate of drug-likeness (QED) is 0.750. The van der Waals surface area contributed by atoms with Gasteiger partial charge < -0.3 is 5.32 Å². The molecule has 1 amide bonds. The summed E-state index contributed by atoms with van der Waals surface area (Å²) in [5.41, 5.74) is 1.09. The van der Waals surface area contributed by atoms with Crippen molar-refractivity contribution < 1.29 is 9.18 Å². The van der Waals surface area contributed by atoms with Gasteiger partial charge in [-0.3, -0.25) is 9.59 Å². The molecule has 0 spiro atoms. The van der Waals surface area contributed by atoms with Crippen molar-refractivity contribution in [2.75, 3.05) is 0 Å². The number of benzene rings is 1. The van der Waals surface area contributed by atoms with Gasteiger partial charge in [-0.05, 0) is 44.0 Å². The molecule has 0 aliphatic heterocycles. The van der Waals surface area contributed by atoms with Gasteiger partial charge in [-0.15, -0.1) is 0 Å². The number of aryl methyl sites for hydroxylation is 1. The number of nitrogens with zero attached hydrogens (tertiary/aromatic N) is 4. The Hall–Kier alpha value is -3.03. The summed E-state index contributed by atoms with van der Waals surface area (Å²) in [4.78, 5) is 25.5. The van der Waals surface area contributed by atoms with Crippen LogP contribution in [0.15, 0.2) is 35.3 Å². The molecule has 0 radical (unpaired) electrons. The maximum atomic E-state index is 13.2. The first-order valence-corrected chi connectivity index (χ1v) is 9.53. The van der Waals surface area contributed by atoms with Crippen LogP contribution in [0.5, 0.6) is 0 Å². The van der Waals surface area contributed by atoms with E-state index in [-0.39, 0.29) is 24.3 Å². The first kappa shape index (κ1) is 18.3. The van der Waals surface area contributed by atoms with E-state index in [1.165, 1.54) is 27.9 Å². The van der Waals surface area contributed by atoms with Gasteiger partial charge in [0.25, 0.3) is 5.56 Å². The van der Waals surface area contributed by atoms with Crippen LogP contribution in [0.3, 0.4) is 0 Å². The molecule has 3 aromatic rings. The summed E-state index contributed by atoms with van der Waals surface area (Å²) in [6, 6.07) is 5.90. The number of halogens is 1. The number of hydrogen-bond donors (Lipinski definition) is 1. The molecule has 1 fully saturated rings. The first-order valence-electron chi connectivity index (χ1n) is 9.53. The van der Waals surface area contributed by atoms with Gasteiger partial charge >= 0.3 is 0 Å². The molecule has 0 unspecified atom stereocenters. The molecule has 0 bridgehead atoms. The molecule has 1 saturated carbocycles. The summed E-state index contributed by atoms with van der Waals surface area (Å²) in [5, 5.41) is 12.2. The lowest BCUT2D eigenvalue weighted by Crippen LogP contribution is -2.40. The van der Waals surface area contributed by atoms with Gasteiger partial charge in [0, 0.05) is 11.4 Å². The minimum atomic E-state index is -0.402. The monoisotopic (exact) mass is 383 g/mol. The third-order valence-corrected chi connectivity index (χ3v) is 5.20. The Morgan fingerprint density at radius 1 is 1.21 bits per heavy atom. The zero-order valence-corrected chi connectivity index (χ0v) is 15.7. The van der Waals surface area contributed by atoms with Gasteiger partial charge in [0.1, 0.15) is 17.9 Å². The van der Waals surface area contributed by atoms with Crippen LogP contribution in [-0.2, 0) is 11.3 Å². The van der Waals surface area contributed by atoms with Crippen molar-refractivity contribution in [1.82, 2.24) is 24.9 Å². The van der Waals surface area contributed by atoms with Gasteiger partial charge in [0.2, 0.25) is 5.91 Å². The smallest absolute Gasteiger partial charge is 0.293 e. The van der Waals surface area contributed by atoms with E-state index in [4.69, 9.17) is 0 Å². The molecule has 1 aromatic carbocycles. The summed E-state index contributed by atoms with van der Waals surface area (Å²) in [6.07, 6.45) is 6.95. The van der Waals surface area contributed by atoms with E-state index in [0.717, 1.165) is 25.7 Å². The molecule has 2 heterocycles.